The monoisotopic (exact) mass is 547 g/mol. The second-order valence-corrected chi connectivity index (χ2v) is 12.4. The molecular formula is C21H25N9O5S2. The van der Waals surface area contributed by atoms with Gasteiger partial charge < -0.3 is 20.7 Å². The SMILES string of the molecule is Nc1nc2c(-c3ccc(S(=O)(=O)C4CCN(CCO)CC4)c(S(N)(=O)=O)c3-c3nn[nH]n3)cccc2[nH]1. The smallest absolute Gasteiger partial charge is 0.240 e. The van der Waals surface area contributed by atoms with Crippen molar-refractivity contribution in [3.05, 3.63) is 30.3 Å². The number of benzene rings is 2. The highest BCUT2D eigenvalue weighted by molar-refractivity contribution is 7.94. The maximum atomic E-state index is 13.8. The van der Waals surface area contributed by atoms with Crippen LogP contribution in [-0.4, -0.2) is 88.9 Å². The molecule has 0 aliphatic carbocycles. The van der Waals surface area contributed by atoms with Gasteiger partial charge in [-0.3, -0.25) is 0 Å². The molecule has 7 N–H and O–H groups in total. The number of hydrogen-bond acceptors (Lipinski definition) is 11. The Morgan fingerprint density at radius 3 is 2.49 bits per heavy atom. The second kappa shape index (κ2) is 9.46. The minimum absolute atomic E-state index is 0.0308. The number of nitrogens with two attached hydrogens (primary N) is 2. The molecule has 0 amide bonds. The molecule has 196 valence electrons. The fourth-order valence-corrected chi connectivity index (χ4v) is 8.16. The Balaban J connectivity index is 1.75. The van der Waals surface area contributed by atoms with Gasteiger partial charge in [-0.15, -0.1) is 10.2 Å². The number of piperidine rings is 1. The molecule has 14 nitrogen and oxygen atoms in total. The number of hydrogen-bond donors (Lipinski definition) is 5. The number of rotatable bonds is 7. The number of para-hydroxylation sites is 1. The number of likely N-dealkylation sites (tertiary alicyclic amines) is 1. The molecule has 0 saturated carbocycles. The molecule has 0 unspecified atom stereocenters. The Morgan fingerprint density at radius 2 is 1.84 bits per heavy atom. The Morgan fingerprint density at radius 1 is 1.08 bits per heavy atom. The Kier molecular flexibility index (Phi) is 6.45. The number of nitrogens with zero attached hydrogens (tertiary/aromatic N) is 5. The average Bonchev–Trinajstić information content (AvgIpc) is 3.52. The van der Waals surface area contributed by atoms with E-state index in [1.165, 1.54) is 12.1 Å². The lowest BCUT2D eigenvalue weighted by Crippen LogP contribution is -2.40. The molecule has 1 aliphatic heterocycles. The van der Waals surface area contributed by atoms with Crippen molar-refractivity contribution in [1.29, 1.82) is 0 Å². The number of imidazole rings is 1. The number of anilines is 1. The molecule has 16 heteroatoms. The quantitative estimate of drug-likeness (QED) is 0.205. The van der Waals surface area contributed by atoms with Crippen molar-refractivity contribution in [1.82, 2.24) is 35.5 Å². The number of primary sulfonamides is 1. The zero-order chi connectivity index (χ0) is 26.4. The molecule has 1 aliphatic rings. The van der Waals surface area contributed by atoms with Crippen LogP contribution < -0.4 is 10.9 Å². The van der Waals surface area contributed by atoms with E-state index in [4.69, 9.17) is 10.9 Å². The Bertz CT molecular complexity index is 1660. The van der Waals surface area contributed by atoms with Crippen molar-refractivity contribution in [2.24, 2.45) is 5.14 Å². The van der Waals surface area contributed by atoms with Crippen molar-refractivity contribution in [2.75, 3.05) is 32.0 Å². The van der Waals surface area contributed by atoms with Crippen LogP contribution >= 0.6 is 0 Å². The summed E-state index contributed by atoms with van der Waals surface area (Å²) in [5.74, 6) is 0.0105. The number of sulfone groups is 1. The van der Waals surface area contributed by atoms with Gasteiger partial charge in [-0.25, -0.2) is 27.0 Å². The number of tetrazole rings is 1. The third-order valence-corrected chi connectivity index (χ3v) is 9.92. The van der Waals surface area contributed by atoms with E-state index in [9.17, 15) is 21.9 Å². The average molecular weight is 548 g/mol. The number of fused-ring (bicyclic) bond motifs is 1. The number of nitrogen functional groups attached to an aromatic ring is 1. The van der Waals surface area contributed by atoms with Crippen molar-refractivity contribution in [3.63, 3.8) is 0 Å². The molecule has 37 heavy (non-hydrogen) atoms. The zero-order valence-corrected chi connectivity index (χ0v) is 21.1. The van der Waals surface area contributed by atoms with Crippen molar-refractivity contribution in [2.45, 2.75) is 27.9 Å². The highest BCUT2D eigenvalue weighted by atomic mass is 32.2. The zero-order valence-electron chi connectivity index (χ0n) is 19.5. The van der Waals surface area contributed by atoms with Gasteiger partial charge >= 0.3 is 0 Å². The van der Waals surface area contributed by atoms with Crippen LogP contribution in [0.5, 0.6) is 0 Å². The van der Waals surface area contributed by atoms with E-state index in [1.807, 2.05) is 4.90 Å². The van der Waals surface area contributed by atoms with E-state index in [0.29, 0.717) is 41.8 Å². The van der Waals surface area contributed by atoms with Gasteiger partial charge in [0.05, 0.1) is 33.3 Å². The molecule has 2 aromatic heterocycles. The molecule has 3 heterocycles. The second-order valence-electron chi connectivity index (χ2n) is 8.73. The Labute approximate surface area is 212 Å². The fraction of sp³-hybridized carbons (Fsp3) is 0.333. The van der Waals surface area contributed by atoms with Gasteiger partial charge in [0.2, 0.25) is 15.8 Å². The van der Waals surface area contributed by atoms with Gasteiger partial charge in [0.1, 0.15) is 4.90 Å². The number of nitrogens with one attached hydrogen (secondary N) is 2. The summed E-state index contributed by atoms with van der Waals surface area (Å²) >= 11 is 0. The summed E-state index contributed by atoms with van der Waals surface area (Å²) in [5, 5.41) is 27.7. The van der Waals surface area contributed by atoms with Gasteiger partial charge in [-0.05, 0) is 48.8 Å². The summed E-state index contributed by atoms with van der Waals surface area (Å²) in [6.45, 7) is 1.31. The van der Waals surface area contributed by atoms with Gasteiger partial charge in [0.25, 0.3) is 0 Å². The van der Waals surface area contributed by atoms with Crippen LogP contribution in [0.2, 0.25) is 0 Å². The topological polar surface area (TPSA) is 227 Å². The lowest BCUT2D eigenvalue weighted by Gasteiger charge is -2.31. The molecule has 4 aromatic rings. The van der Waals surface area contributed by atoms with Gasteiger partial charge in [0.15, 0.2) is 15.8 Å². The van der Waals surface area contributed by atoms with E-state index < -0.39 is 34.9 Å². The largest absolute Gasteiger partial charge is 0.395 e. The minimum atomic E-state index is -4.61. The van der Waals surface area contributed by atoms with Crippen LogP contribution in [0, 0.1) is 0 Å². The highest BCUT2D eigenvalue weighted by Crippen LogP contribution is 2.42. The first-order chi connectivity index (χ1) is 17.6. The lowest BCUT2D eigenvalue weighted by atomic mass is 9.98. The van der Waals surface area contributed by atoms with Gasteiger partial charge in [0, 0.05) is 12.1 Å². The molecule has 5 rings (SSSR count). The standard InChI is InChI=1S/C21H25N9O5S2/c22-21-24-15-3-1-2-14(18(15)25-21)13-4-5-16(19(37(23,34)35)17(13)20-26-28-29-27-20)36(32,33)12-6-8-30(9-7-12)10-11-31/h1-5,12,31H,6-11H2,(H3,22,24,25)(H2,23,34,35)(H,26,27,28,29). The van der Waals surface area contributed by atoms with E-state index in [-0.39, 0.29) is 36.8 Å². The number of sulfonamides is 1. The first-order valence-corrected chi connectivity index (χ1v) is 14.5. The summed E-state index contributed by atoms with van der Waals surface area (Å²) in [7, 11) is -8.75. The Hall–Kier alpha value is -3.44. The predicted molar refractivity (Wildman–Crippen MR) is 134 cm³/mol. The van der Waals surface area contributed by atoms with Crippen LogP contribution in [0.4, 0.5) is 5.95 Å². The molecule has 2 aromatic carbocycles. The molecule has 0 bridgehead atoms. The van der Waals surface area contributed by atoms with Gasteiger partial charge in [-0.2, -0.15) is 5.21 Å². The summed E-state index contributed by atoms with van der Waals surface area (Å²) in [6, 6.07) is 7.91. The summed E-state index contributed by atoms with van der Waals surface area (Å²) in [6.07, 6.45) is 0.551. The van der Waals surface area contributed by atoms with Crippen molar-refractivity contribution >= 4 is 36.8 Å². The third-order valence-electron chi connectivity index (χ3n) is 6.49. The maximum Gasteiger partial charge on any atom is 0.240 e. The fourth-order valence-electron chi connectivity index (χ4n) is 4.82. The minimum Gasteiger partial charge on any atom is -0.395 e. The third kappa shape index (κ3) is 4.57. The van der Waals surface area contributed by atoms with E-state index >= 15 is 0 Å². The normalized spacial score (nSPS) is 15.9. The summed E-state index contributed by atoms with van der Waals surface area (Å²) in [5.41, 5.74) is 7.53. The first-order valence-electron chi connectivity index (χ1n) is 11.4. The number of aliphatic hydroxyl groups excluding tert-OH is 1. The van der Waals surface area contributed by atoms with E-state index in [2.05, 4.69) is 30.6 Å². The van der Waals surface area contributed by atoms with Crippen LogP contribution in [0.25, 0.3) is 33.5 Å². The molecule has 0 radical (unpaired) electrons. The molecule has 0 spiro atoms. The highest BCUT2D eigenvalue weighted by Gasteiger charge is 2.38. The van der Waals surface area contributed by atoms with E-state index in [0.717, 1.165) is 0 Å². The lowest BCUT2D eigenvalue weighted by molar-refractivity contribution is 0.174. The van der Waals surface area contributed by atoms with Crippen LogP contribution in [0.1, 0.15) is 12.8 Å². The van der Waals surface area contributed by atoms with Crippen molar-refractivity contribution in [3.8, 4) is 22.5 Å². The number of H-pyrrole nitrogens is 2. The summed E-state index contributed by atoms with van der Waals surface area (Å²) < 4.78 is 53.7. The predicted octanol–water partition coefficient (Wildman–Crippen LogP) is -0.130. The first kappa shape index (κ1) is 25.2. The molecule has 0 atom stereocenters. The van der Waals surface area contributed by atoms with Gasteiger partial charge in [-0.1, -0.05) is 18.2 Å². The number of β-amino-alcohol motifs (C(OH)–C–C–N with tert-alkyl or cyclic N) is 1. The number of aromatic nitrogens is 6. The molecule has 1 saturated heterocycles. The molecular weight excluding hydrogens is 522 g/mol. The molecule has 1 fully saturated rings. The number of aromatic amines is 2. The van der Waals surface area contributed by atoms with Crippen LogP contribution in [-0.2, 0) is 19.9 Å². The maximum absolute atomic E-state index is 13.8. The number of aliphatic hydroxyl groups is 1. The van der Waals surface area contributed by atoms with E-state index in [1.54, 1.807) is 18.2 Å². The van der Waals surface area contributed by atoms with Crippen LogP contribution in [0.3, 0.4) is 0 Å². The van der Waals surface area contributed by atoms with Crippen LogP contribution in [0.15, 0.2) is 40.1 Å². The van der Waals surface area contributed by atoms with Crippen molar-refractivity contribution < 1.29 is 21.9 Å². The summed E-state index contributed by atoms with van der Waals surface area (Å²) in [4.78, 5) is 8.15.